The van der Waals surface area contributed by atoms with Gasteiger partial charge in [0.05, 0.1) is 4.90 Å². The van der Waals surface area contributed by atoms with Crippen molar-refractivity contribution < 1.29 is 13.2 Å². The molecule has 1 atom stereocenters. The fourth-order valence-electron chi connectivity index (χ4n) is 2.23. The number of sulfone groups is 1. The van der Waals surface area contributed by atoms with E-state index >= 15 is 0 Å². The second-order valence-electron chi connectivity index (χ2n) is 4.95. The summed E-state index contributed by atoms with van der Waals surface area (Å²) in [5.74, 6) is 0.572. The molecular weight excluding hydrogens is 286 g/mol. The molecule has 0 spiro atoms. The predicted molar refractivity (Wildman–Crippen MR) is 75.5 cm³/mol. The van der Waals surface area contributed by atoms with Gasteiger partial charge in [0, 0.05) is 30.8 Å². The van der Waals surface area contributed by atoms with Crippen LogP contribution in [0, 0.1) is 12.8 Å². The molecule has 0 radical (unpaired) electrons. The van der Waals surface area contributed by atoms with Gasteiger partial charge >= 0.3 is 0 Å². The molecule has 0 N–H and O–H groups in total. The Hall–Kier alpha value is -1.07. The lowest BCUT2D eigenvalue weighted by atomic mass is 10.1. The maximum absolute atomic E-state index is 12.0. The maximum atomic E-state index is 12.0. The highest BCUT2D eigenvalue weighted by atomic mass is 35.5. The van der Waals surface area contributed by atoms with Crippen molar-refractivity contribution in [1.29, 1.82) is 0 Å². The van der Waals surface area contributed by atoms with Gasteiger partial charge in [0.2, 0.25) is 5.91 Å². The fraction of sp³-hybridized carbons (Fsp3) is 0.462. The topological polar surface area (TPSA) is 54.5 Å². The number of hydrogen-bond acceptors (Lipinski definition) is 3. The number of rotatable bonds is 3. The van der Waals surface area contributed by atoms with E-state index in [0.29, 0.717) is 24.5 Å². The third-order valence-electron chi connectivity index (χ3n) is 3.32. The number of benzene rings is 1. The maximum Gasteiger partial charge on any atom is 0.227 e. The summed E-state index contributed by atoms with van der Waals surface area (Å²) in [6.07, 6.45) is 1.58. The van der Waals surface area contributed by atoms with Gasteiger partial charge in [-0.1, -0.05) is 6.07 Å². The summed E-state index contributed by atoms with van der Waals surface area (Å²) in [7, 11) is -3.27. The Labute approximate surface area is 118 Å². The highest BCUT2D eigenvalue weighted by Crippen LogP contribution is 2.30. The van der Waals surface area contributed by atoms with Crippen LogP contribution >= 0.6 is 11.6 Å². The van der Waals surface area contributed by atoms with Crippen molar-refractivity contribution in [3.63, 3.8) is 0 Å². The molecule has 1 aliphatic rings. The lowest BCUT2D eigenvalue weighted by Crippen LogP contribution is -2.25. The molecule has 1 aromatic carbocycles. The van der Waals surface area contributed by atoms with E-state index in [0.717, 1.165) is 11.8 Å². The van der Waals surface area contributed by atoms with Crippen LogP contribution in [-0.2, 0) is 14.6 Å². The molecule has 104 valence electrons. The van der Waals surface area contributed by atoms with Gasteiger partial charge in [-0.3, -0.25) is 4.79 Å². The normalized spacial score (nSPS) is 20.1. The minimum Gasteiger partial charge on any atom is -0.312 e. The number of carbonyl (C=O) groups excluding carboxylic acids is 1. The molecular formula is C13H16ClNO3S. The van der Waals surface area contributed by atoms with Gasteiger partial charge in [0.25, 0.3) is 0 Å². The zero-order valence-corrected chi connectivity index (χ0v) is 12.5. The predicted octanol–water partition coefficient (Wildman–Crippen LogP) is 1.99. The van der Waals surface area contributed by atoms with Crippen LogP contribution in [0.3, 0.4) is 0 Å². The van der Waals surface area contributed by atoms with E-state index in [1.165, 1.54) is 0 Å². The van der Waals surface area contributed by atoms with Gasteiger partial charge in [-0.05, 0) is 30.5 Å². The van der Waals surface area contributed by atoms with E-state index in [2.05, 4.69) is 0 Å². The van der Waals surface area contributed by atoms with Crippen molar-refractivity contribution in [2.45, 2.75) is 18.2 Å². The monoisotopic (exact) mass is 301 g/mol. The van der Waals surface area contributed by atoms with Crippen LogP contribution in [0.4, 0.5) is 5.69 Å². The number of aryl methyl sites for hydroxylation is 1. The molecule has 19 heavy (non-hydrogen) atoms. The van der Waals surface area contributed by atoms with Gasteiger partial charge in [0.1, 0.15) is 0 Å². The molecule has 6 heteroatoms. The molecule has 1 saturated heterocycles. The number of amides is 1. The average Bonchev–Trinajstić information content (AvgIpc) is 2.69. The van der Waals surface area contributed by atoms with Crippen LogP contribution < -0.4 is 4.90 Å². The Bertz CT molecular complexity index is 612. The van der Waals surface area contributed by atoms with Crippen LogP contribution in [0.5, 0.6) is 0 Å². The molecule has 1 unspecified atom stereocenters. The Kier molecular flexibility index (Phi) is 3.87. The zero-order valence-electron chi connectivity index (χ0n) is 10.9. The summed E-state index contributed by atoms with van der Waals surface area (Å²) < 4.78 is 23.2. The molecule has 4 nitrogen and oxygen atoms in total. The first kappa shape index (κ1) is 14.3. The number of carbonyl (C=O) groups is 1. The van der Waals surface area contributed by atoms with Crippen molar-refractivity contribution in [2.24, 2.45) is 5.92 Å². The number of alkyl halides is 1. The Morgan fingerprint density at radius 2 is 2.11 bits per heavy atom. The molecule has 0 aromatic heterocycles. The molecule has 1 aliphatic heterocycles. The molecule has 0 bridgehead atoms. The highest BCUT2D eigenvalue weighted by Gasteiger charge is 2.31. The van der Waals surface area contributed by atoms with E-state index < -0.39 is 9.84 Å². The van der Waals surface area contributed by atoms with Crippen molar-refractivity contribution in [3.8, 4) is 0 Å². The van der Waals surface area contributed by atoms with Gasteiger partial charge in [-0.2, -0.15) is 0 Å². The van der Waals surface area contributed by atoms with E-state index in [-0.39, 0.29) is 16.7 Å². The summed E-state index contributed by atoms with van der Waals surface area (Å²) in [6, 6.07) is 4.86. The second kappa shape index (κ2) is 5.13. The summed E-state index contributed by atoms with van der Waals surface area (Å²) in [5.41, 5.74) is 1.55. The lowest BCUT2D eigenvalue weighted by Gasteiger charge is -2.19. The Balaban J connectivity index is 2.42. The van der Waals surface area contributed by atoms with Crippen LogP contribution in [0.25, 0.3) is 0 Å². The first-order valence-corrected chi connectivity index (χ1v) is 8.42. The second-order valence-corrected chi connectivity index (χ2v) is 7.27. The minimum absolute atomic E-state index is 0.000555. The van der Waals surface area contributed by atoms with E-state index in [1.807, 2.05) is 6.92 Å². The Morgan fingerprint density at radius 1 is 1.42 bits per heavy atom. The van der Waals surface area contributed by atoms with Crippen molar-refractivity contribution in [1.82, 2.24) is 0 Å². The smallest absolute Gasteiger partial charge is 0.227 e. The molecule has 0 saturated carbocycles. The zero-order chi connectivity index (χ0) is 14.2. The quantitative estimate of drug-likeness (QED) is 0.802. The number of nitrogens with zero attached hydrogens (tertiary/aromatic N) is 1. The largest absolute Gasteiger partial charge is 0.312 e. The summed E-state index contributed by atoms with van der Waals surface area (Å²) >= 11 is 5.79. The number of anilines is 1. The lowest BCUT2D eigenvalue weighted by molar-refractivity contribution is -0.117. The average molecular weight is 302 g/mol. The SMILES string of the molecule is Cc1ccc(S(C)(=O)=O)cc1N1CC(CCl)CC1=O. The van der Waals surface area contributed by atoms with E-state index in [4.69, 9.17) is 11.6 Å². The first-order chi connectivity index (χ1) is 8.82. The van der Waals surface area contributed by atoms with Crippen LogP contribution in [0.2, 0.25) is 0 Å². The van der Waals surface area contributed by atoms with Crippen molar-refractivity contribution >= 4 is 33.0 Å². The van der Waals surface area contributed by atoms with Gasteiger partial charge in [-0.15, -0.1) is 11.6 Å². The molecule has 1 fully saturated rings. The minimum atomic E-state index is -3.27. The molecule has 1 aromatic rings. The van der Waals surface area contributed by atoms with Gasteiger partial charge in [0.15, 0.2) is 9.84 Å². The standard InChI is InChI=1S/C13H16ClNO3S/c1-9-3-4-11(19(2,17)18)6-12(9)15-8-10(7-14)5-13(15)16/h3-4,6,10H,5,7-8H2,1-2H3. The van der Waals surface area contributed by atoms with Crippen LogP contribution in [-0.4, -0.2) is 33.0 Å². The summed E-state index contributed by atoms with van der Waals surface area (Å²) in [6.45, 7) is 2.42. The molecule has 2 rings (SSSR count). The number of halogens is 1. The van der Waals surface area contributed by atoms with Crippen molar-refractivity contribution in [2.75, 3.05) is 23.6 Å². The summed E-state index contributed by atoms with van der Waals surface area (Å²) in [4.78, 5) is 13.8. The van der Waals surface area contributed by atoms with Crippen molar-refractivity contribution in [3.05, 3.63) is 23.8 Å². The number of hydrogen-bond donors (Lipinski definition) is 0. The fourth-order valence-corrected chi connectivity index (χ4v) is 3.08. The molecule has 0 aliphatic carbocycles. The van der Waals surface area contributed by atoms with Crippen LogP contribution in [0.1, 0.15) is 12.0 Å². The van der Waals surface area contributed by atoms with E-state index in [1.54, 1.807) is 23.1 Å². The summed E-state index contributed by atoms with van der Waals surface area (Å²) in [5, 5.41) is 0. The molecule has 1 heterocycles. The Morgan fingerprint density at radius 3 is 2.63 bits per heavy atom. The third kappa shape index (κ3) is 2.92. The van der Waals surface area contributed by atoms with E-state index in [9.17, 15) is 13.2 Å². The first-order valence-electron chi connectivity index (χ1n) is 6.00. The molecule has 1 amide bonds. The van der Waals surface area contributed by atoms with Crippen LogP contribution in [0.15, 0.2) is 23.1 Å². The highest BCUT2D eigenvalue weighted by molar-refractivity contribution is 7.90. The van der Waals surface area contributed by atoms with Gasteiger partial charge < -0.3 is 4.90 Å². The third-order valence-corrected chi connectivity index (χ3v) is 4.87. The van der Waals surface area contributed by atoms with Gasteiger partial charge in [-0.25, -0.2) is 8.42 Å².